The molecular weight excluding hydrogens is 238 g/mol. The van der Waals surface area contributed by atoms with Gasteiger partial charge in [0.05, 0.1) is 24.1 Å². The van der Waals surface area contributed by atoms with E-state index in [0.717, 1.165) is 24.6 Å². The lowest BCUT2D eigenvalue weighted by Gasteiger charge is -2.36. The van der Waals surface area contributed by atoms with Gasteiger partial charge in [0.1, 0.15) is 5.82 Å². The number of aromatic nitrogens is 2. The number of nitrogens with zero attached hydrogens (tertiary/aromatic N) is 3. The molecule has 2 atom stereocenters. The molecule has 1 aromatic heterocycles. The Kier molecular flexibility index (Phi) is 3.25. The van der Waals surface area contributed by atoms with Crippen molar-refractivity contribution in [3.8, 4) is 5.69 Å². The molecule has 1 aliphatic heterocycles. The van der Waals surface area contributed by atoms with E-state index in [2.05, 4.69) is 42.0 Å². The number of anilines is 1. The van der Waals surface area contributed by atoms with Crippen molar-refractivity contribution in [1.29, 1.82) is 0 Å². The molecule has 0 radical (unpaired) electrons. The highest BCUT2D eigenvalue weighted by Crippen LogP contribution is 2.22. The maximum atomic E-state index is 5.79. The van der Waals surface area contributed by atoms with Crippen LogP contribution in [0.2, 0.25) is 0 Å². The minimum atomic E-state index is 0.253. The van der Waals surface area contributed by atoms with Crippen LogP contribution in [0.5, 0.6) is 0 Å². The molecule has 1 saturated heterocycles. The molecule has 0 amide bonds. The molecule has 0 N–H and O–H groups in total. The Hall–Kier alpha value is -1.81. The van der Waals surface area contributed by atoms with Gasteiger partial charge in [0.15, 0.2) is 0 Å². The molecular formula is C15H19N3O. The van der Waals surface area contributed by atoms with Gasteiger partial charge in [0.25, 0.3) is 0 Å². The monoisotopic (exact) mass is 257 g/mol. The predicted octanol–water partition coefficient (Wildman–Crippen LogP) is 2.49. The molecule has 2 aromatic rings. The fourth-order valence-corrected chi connectivity index (χ4v) is 2.67. The first kappa shape index (κ1) is 12.2. The highest BCUT2D eigenvalue weighted by Gasteiger charge is 2.24. The van der Waals surface area contributed by atoms with Crippen molar-refractivity contribution in [3.63, 3.8) is 0 Å². The Morgan fingerprint density at radius 2 is 1.74 bits per heavy atom. The van der Waals surface area contributed by atoms with Crippen LogP contribution in [-0.2, 0) is 4.74 Å². The fourth-order valence-electron chi connectivity index (χ4n) is 2.67. The van der Waals surface area contributed by atoms with E-state index >= 15 is 0 Å². The lowest BCUT2D eigenvalue weighted by molar-refractivity contribution is -0.00558. The first-order valence-corrected chi connectivity index (χ1v) is 6.74. The average molecular weight is 257 g/mol. The van der Waals surface area contributed by atoms with Crippen molar-refractivity contribution in [2.24, 2.45) is 0 Å². The number of hydrogen-bond donors (Lipinski definition) is 0. The van der Waals surface area contributed by atoms with Crippen LogP contribution in [0.1, 0.15) is 13.8 Å². The Bertz CT molecular complexity index is 527. The Morgan fingerprint density at radius 1 is 1.05 bits per heavy atom. The largest absolute Gasteiger partial charge is 0.372 e. The summed E-state index contributed by atoms with van der Waals surface area (Å²) >= 11 is 0. The Morgan fingerprint density at radius 3 is 2.42 bits per heavy atom. The maximum absolute atomic E-state index is 5.79. The second kappa shape index (κ2) is 5.05. The zero-order chi connectivity index (χ0) is 13.2. The summed E-state index contributed by atoms with van der Waals surface area (Å²) in [5.74, 6) is 1.13. The standard InChI is InChI=1S/C15H19N3O/c1-12-10-17(11-13(2)19-12)15-8-9-16-18(15)14-6-4-3-5-7-14/h3-9,12-13H,10-11H2,1-2H3. The lowest BCUT2D eigenvalue weighted by atomic mass is 10.2. The molecule has 0 spiro atoms. The summed E-state index contributed by atoms with van der Waals surface area (Å²) in [6, 6.07) is 12.3. The quantitative estimate of drug-likeness (QED) is 0.828. The molecule has 0 aliphatic carbocycles. The zero-order valence-corrected chi connectivity index (χ0v) is 11.4. The van der Waals surface area contributed by atoms with Gasteiger partial charge in [0.2, 0.25) is 0 Å². The predicted molar refractivity (Wildman–Crippen MR) is 75.8 cm³/mol. The normalized spacial score (nSPS) is 23.6. The number of hydrogen-bond acceptors (Lipinski definition) is 3. The van der Waals surface area contributed by atoms with E-state index in [1.165, 1.54) is 0 Å². The summed E-state index contributed by atoms with van der Waals surface area (Å²) in [7, 11) is 0. The number of rotatable bonds is 2. The molecule has 2 heterocycles. The van der Waals surface area contributed by atoms with Crippen molar-refractivity contribution in [3.05, 3.63) is 42.6 Å². The Balaban J connectivity index is 1.92. The van der Waals surface area contributed by atoms with E-state index in [1.54, 1.807) is 0 Å². The van der Waals surface area contributed by atoms with E-state index in [-0.39, 0.29) is 12.2 Å². The second-order valence-corrected chi connectivity index (χ2v) is 5.10. The van der Waals surface area contributed by atoms with E-state index < -0.39 is 0 Å². The molecule has 1 fully saturated rings. The van der Waals surface area contributed by atoms with Crippen LogP contribution in [-0.4, -0.2) is 35.1 Å². The molecule has 100 valence electrons. The van der Waals surface area contributed by atoms with Crippen LogP contribution in [0.15, 0.2) is 42.6 Å². The molecule has 3 rings (SSSR count). The summed E-state index contributed by atoms with van der Waals surface area (Å²) < 4.78 is 7.78. The maximum Gasteiger partial charge on any atom is 0.132 e. The van der Waals surface area contributed by atoms with E-state index in [1.807, 2.05) is 29.1 Å². The molecule has 19 heavy (non-hydrogen) atoms. The van der Waals surface area contributed by atoms with Crippen LogP contribution < -0.4 is 4.90 Å². The summed E-state index contributed by atoms with van der Waals surface area (Å²) in [5.41, 5.74) is 1.09. The lowest BCUT2D eigenvalue weighted by Crippen LogP contribution is -2.46. The van der Waals surface area contributed by atoms with E-state index in [9.17, 15) is 0 Å². The minimum Gasteiger partial charge on any atom is -0.372 e. The minimum absolute atomic E-state index is 0.253. The highest BCUT2D eigenvalue weighted by atomic mass is 16.5. The molecule has 1 aliphatic rings. The SMILES string of the molecule is CC1CN(c2ccnn2-c2ccccc2)CC(C)O1. The first-order chi connectivity index (χ1) is 9.24. The summed E-state index contributed by atoms with van der Waals surface area (Å²) in [5, 5.41) is 4.45. The smallest absolute Gasteiger partial charge is 0.132 e. The summed E-state index contributed by atoms with van der Waals surface area (Å²) in [4.78, 5) is 2.35. The number of morpholine rings is 1. The summed E-state index contributed by atoms with van der Waals surface area (Å²) in [6.45, 7) is 6.05. The van der Waals surface area contributed by atoms with Crippen LogP contribution in [0.4, 0.5) is 5.82 Å². The molecule has 1 aromatic carbocycles. The van der Waals surface area contributed by atoms with Gasteiger partial charge >= 0.3 is 0 Å². The van der Waals surface area contributed by atoms with Crippen molar-refractivity contribution >= 4 is 5.82 Å². The first-order valence-electron chi connectivity index (χ1n) is 6.74. The molecule has 4 heteroatoms. The van der Waals surface area contributed by atoms with Crippen molar-refractivity contribution in [2.45, 2.75) is 26.1 Å². The van der Waals surface area contributed by atoms with E-state index in [0.29, 0.717) is 0 Å². The van der Waals surface area contributed by atoms with Crippen molar-refractivity contribution in [2.75, 3.05) is 18.0 Å². The van der Waals surface area contributed by atoms with Gasteiger partial charge in [-0.05, 0) is 26.0 Å². The third kappa shape index (κ3) is 2.49. The topological polar surface area (TPSA) is 30.3 Å². The van der Waals surface area contributed by atoms with Gasteiger partial charge in [-0.1, -0.05) is 18.2 Å². The zero-order valence-electron chi connectivity index (χ0n) is 11.4. The highest BCUT2D eigenvalue weighted by molar-refractivity contribution is 5.47. The average Bonchev–Trinajstić information content (AvgIpc) is 2.88. The second-order valence-electron chi connectivity index (χ2n) is 5.10. The van der Waals surface area contributed by atoms with Gasteiger partial charge in [-0.25, -0.2) is 4.68 Å². The molecule has 0 saturated carbocycles. The third-order valence-corrected chi connectivity index (χ3v) is 3.37. The molecule has 2 unspecified atom stereocenters. The molecule has 4 nitrogen and oxygen atoms in total. The Labute approximate surface area is 113 Å². The number of benzene rings is 1. The van der Waals surface area contributed by atoms with Crippen LogP contribution in [0.3, 0.4) is 0 Å². The van der Waals surface area contributed by atoms with Crippen molar-refractivity contribution in [1.82, 2.24) is 9.78 Å². The van der Waals surface area contributed by atoms with Gasteiger partial charge in [-0.15, -0.1) is 0 Å². The molecule has 0 bridgehead atoms. The number of ether oxygens (including phenoxy) is 1. The van der Waals surface area contributed by atoms with Gasteiger partial charge in [-0.2, -0.15) is 5.10 Å². The van der Waals surface area contributed by atoms with Crippen LogP contribution >= 0.6 is 0 Å². The van der Waals surface area contributed by atoms with Gasteiger partial charge < -0.3 is 9.64 Å². The van der Waals surface area contributed by atoms with Crippen molar-refractivity contribution < 1.29 is 4.74 Å². The summed E-state index contributed by atoms with van der Waals surface area (Å²) in [6.07, 6.45) is 2.36. The van der Waals surface area contributed by atoms with E-state index in [4.69, 9.17) is 4.74 Å². The van der Waals surface area contributed by atoms with Gasteiger partial charge in [-0.3, -0.25) is 0 Å². The van der Waals surface area contributed by atoms with Crippen LogP contribution in [0.25, 0.3) is 5.69 Å². The number of para-hydroxylation sites is 1. The fraction of sp³-hybridized carbons (Fsp3) is 0.400. The van der Waals surface area contributed by atoms with Crippen LogP contribution in [0, 0.1) is 0 Å². The third-order valence-electron chi connectivity index (χ3n) is 3.37. The van der Waals surface area contributed by atoms with Gasteiger partial charge in [0, 0.05) is 19.2 Å².